The first kappa shape index (κ1) is 12.7. The standard InChI is InChI=1S/C8H12N4O2S2/c1-16(13,14)4-2-3-11-8-6(5-9)7(10)12-15-8/h11H,2-4H2,1H3,(H2,10,12). The molecule has 0 aliphatic rings. The molecule has 0 bridgehead atoms. The van der Waals surface area contributed by atoms with E-state index in [1.807, 2.05) is 6.07 Å². The van der Waals surface area contributed by atoms with Crippen molar-refractivity contribution in [1.29, 1.82) is 5.26 Å². The Kier molecular flexibility index (Phi) is 4.09. The maximum Gasteiger partial charge on any atom is 0.157 e. The number of sulfone groups is 1. The summed E-state index contributed by atoms with van der Waals surface area (Å²) in [6.07, 6.45) is 1.68. The highest BCUT2D eigenvalue weighted by Gasteiger charge is 2.10. The van der Waals surface area contributed by atoms with Crippen LogP contribution in [0.25, 0.3) is 0 Å². The van der Waals surface area contributed by atoms with E-state index in [0.29, 0.717) is 23.5 Å². The lowest BCUT2D eigenvalue weighted by Crippen LogP contribution is -2.09. The van der Waals surface area contributed by atoms with Crippen LogP contribution in [0.5, 0.6) is 0 Å². The molecule has 88 valence electrons. The van der Waals surface area contributed by atoms with Gasteiger partial charge in [0.05, 0.1) is 5.75 Å². The van der Waals surface area contributed by atoms with Crippen LogP contribution < -0.4 is 11.1 Å². The third kappa shape index (κ3) is 3.67. The third-order valence-electron chi connectivity index (χ3n) is 1.81. The molecule has 0 saturated heterocycles. The zero-order valence-electron chi connectivity index (χ0n) is 8.73. The van der Waals surface area contributed by atoms with E-state index >= 15 is 0 Å². The predicted octanol–water partition coefficient (Wildman–Crippen LogP) is 0.444. The highest BCUT2D eigenvalue weighted by Crippen LogP contribution is 2.25. The van der Waals surface area contributed by atoms with Crippen molar-refractivity contribution in [3.63, 3.8) is 0 Å². The highest BCUT2D eigenvalue weighted by molar-refractivity contribution is 7.90. The number of nitriles is 1. The molecule has 0 saturated carbocycles. The van der Waals surface area contributed by atoms with Crippen molar-refractivity contribution in [3.05, 3.63) is 5.56 Å². The minimum absolute atomic E-state index is 0.121. The van der Waals surface area contributed by atoms with Crippen LogP contribution in [0.2, 0.25) is 0 Å². The number of nitrogens with one attached hydrogen (secondary N) is 1. The molecular formula is C8H12N4O2S2. The van der Waals surface area contributed by atoms with E-state index in [1.165, 1.54) is 6.26 Å². The fraction of sp³-hybridized carbons (Fsp3) is 0.500. The first-order chi connectivity index (χ1) is 7.44. The number of nitrogens with two attached hydrogens (primary N) is 1. The summed E-state index contributed by atoms with van der Waals surface area (Å²) in [5.41, 5.74) is 5.79. The number of nitrogen functional groups attached to an aromatic ring is 1. The van der Waals surface area contributed by atoms with E-state index in [2.05, 4.69) is 9.69 Å². The van der Waals surface area contributed by atoms with Crippen LogP contribution in [-0.2, 0) is 9.84 Å². The summed E-state index contributed by atoms with van der Waals surface area (Å²) in [5.74, 6) is 0.328. The SMILES string of the molecule is CS(=O)(=O)CCCNc1snc(N)c1C#N. The number of aromatic nitrogens is 1. The Balaban J connectivity index is 2.47. The Morgan fingerprint density at radius 3 is 2.88 bits per heavy atom. The van der Waals surface area contributed by atoms with E-state index in [1.54, 1.807) is 0 Å². The van der Waals surface area contributed by atoms with Gasteiger partial charge in [-0.3, -0.25) is 0 Å². The maximum absolute atomic E-state index is 10.9. The Morgan fingerprint density at radius 1 is 1.62 bits per heavy atom. The molecule has 8 heteroatoms. The van der Waals surface area contributed by atoms with E-state index in [0.717, 1.165) is 11.5 Å². The largest absolute Gasteiger partial charge is 0.382 e. The van der Waals surface area contributed by atoms with E-state index in [-0.39, 0.29) is 11.6 Å². The highest BCUT2D eigenvalue weighted by atomic mass is 32.2. The summed E-state index contributed by atoms with van der Waals surface area (Å²) < 4.78 is 25.6. The molecule has 0 amide bonds. The Labute approximate surface area is 98.2 Å². The molecule has 1 aromatic heterocycles. The van der Waals surface area contributed by atoms with Gasteiger partial charge in [0, 0.05) is 12.8 Å². The molecule has 0 atom stereocenters. The lowest BCUT2D eigenvalue weighted by molar-refractivity contribution is 0.600. The van der Waals surface area contributed by atoms with Crippen molar-refractivity contribution in [2.45, 2.75) is 6.42 Å². The fourth-order valence-electron chi connectivity index (χ4n) is 1.07. The molecule has 1 heterocycles. The van der Waals surface area contributed by atoms with Gasteiger partial charge in [0.25, 0.3) is 0 Å². The fourth-order valence-corrected chi connectivity index (χ4v) is 2.43. The lowest BCUT2D eigenvalue weighted by Gasteiger charge is -2.02. The van der Waals surface area contributed by atoms with Gasteiger partial charge in [-0.1, -0.05) is 0 Å². The summed E-state index contributed by atoms with van der Waals surface area (Å²) in [4.78, 5) is 0. The number of nitrogens with zero attached hydrogens (tertiary/aromatic N) is 2. The molecule has 1 rings (SSSR count). The molecule has 0 spiro atoms. The van der Waals surface area contributed by atoms with Crippen LogP contribution in [0.15, 0.2) is 0 Å². The van der Waals surface area contributed by atoms with Gasteiger partial charge >= 0.3 is 0 Å². The van der Waals surface area contributed by atoms with Crippen LogP contribution in [0, 0.1) is 11.3 Å². The van der Waals surface area contributed by atoms with Gasteiger partial charge in [0.15, 0.2) is 5.82 Å². The van der Waals surface area contributed by atoms with Crippen LogP contribution >= 0.6 is 11.5 Å². The van der Waals surface area contributed by atoms with Gasteiger partial charge in [-0.2, -0.15) is 9.64 Å². The molecular weight excluding hydrogens is 248 g/mol. The van der Waals surface area contributed by atoms with Crippen molar-refractivity contribution in [2.75, 3.05) is 29.6 Å². The Hall–Kier alpha value is -1.33. The van der Waals surface area contributed by atoms with E-state index in [4.69, 9.17) is 11.0 Å². The number of hydrogen-bond acceptors (Lipinski definition) is 7. The second-order valence-corrected chi connectivity index (χ2v) is 6.33. The average molecular weight is 260 g/mol. The number of rotatable bonds is 5. The monoisotopic (exact) mass is 260 g/mol. The second-order valence-electron chi connectivity index (χ2n) is 3.29. The smallest absolute Gasteiger partial charge is 0.157 e. The van der Waals surface area contributed by atoms with Gasteiger partial charge in [-0.25, -0.2) is 8.42 Å². The summed E-state index contributed by atoms with van der Waals surface area (Å²) in [5, 5.41) is 12.3. The van der Waals surface area contributed by atoms with Gasteiger partial charge < -0.3 is 11.1 Å². The van der Waals surface area contributed by atoms with Gasteiger partial charge in [-0.15, -0.1) is 0 Å². The van der Waals surface area contributed by atoms with E-state index in [9.17, 15) is 8.42 Å². The molecule has 0 radical (unpaired) electrons. The zero-order valence-corrected chi connectivity index (χ0v) is 10.4. The minimum atomic E-state index is -2.93. The van der Waals surface area contributed by atoms with E-state index < -0.39 is 9.84 Å². The molecule has 6 nitrogen and oxygen atoms in total. The van der Waals surface area contributed by atoms with Gasteiger partial charge in [-0.05, 0) is 18.0 Å². The summed E-state index contributed by atoms with van der Waals surface area (Å²) >= 11 is 1.10. The Bertz CT molecular complexity index is 501. The summed E-state index contributed by atoms with van der Waals surface area (Å²) in [6.45, 7) is 0.476. The van der Waals surface area contributed by atoms with Crippen LogP contribution in [0.1, 0.15) is 12.0 Å². The molecule has 0 aliphatic heterocycles. The van der Waals surface area contributed by atoms with Crippen molar-refractivity contribution >= 4 is 32.2 Å². The lowest BCUT2D eigenvalue weighted by atomic mass is 10.3. The van der Waals surface area contributed by atoms with Crippen molar-refractivity contribution in [2.24, 2.45) is 0 Å². The van der Waals surface area contributed by atoms with Gasteiger partial charge in [0.2, 0.25) is 0 Å². The zero-order chi connectivity index (χ0) is 12.2. The molecule has 0 unspecified atom stereocenters. The summed E-state index contributed by atoms with van der Waals surface area (Å²) in [7, 11) is -2.93. The third-order valence-corrected chi connectivity index (χ3v) is 3.66. The van der Waals surface area contributed by atoms with Crippen LogP contribution in [0.4, 0.5) is 10.8 Å². The molecule has 16 heavy (non-hydrogen) atoms. The van der Waals surface area contributed by atoms with Gasteiger partial charge in [0.1, 0.15) is 26.5 Å². The van der Waals surface area contributed by atoms with Crippen molar-refractivity contribution in [3.8, 4) is 6.07 Å². The normalized spacial score (nSPS) is 11.0. The Morgan fingerprint density at radius 2 is 2.31 bits per heavy atom. The van der Waals surface area contributed by atoms with Crippen molar-refractivity contribution < 1.29 is 8.42 Å². The second kappa shape index (κ2) is 5.14. The maximum atomic E-state index is 10.9. The topological polar surface area (TPSA) is 109 Å². The minimum Gasteiger partial charge on any atom is -0.382 e. The molecule has 1 aromatic rings. The van der Waals surface area contributed by atoms with Crippen LogP contribution in [0.3, 0.4) is 0 Å². The molecule has 0 aliphatic carbocycles. The summed E-state index contributed by atoms with van der Waals surface area (Å²) in [6, 6.07) is 1.94. The molecule has 0 fully saturated rings. The quantitative estimate of drug-likeness (QED) is 0.744. The van der Waals surface area contributed by atoms with Crippen LogP contribution in [-0.4, -0.2) is 31.3 Å². The first-order valence-corrected chi connectivity index (χ1v) is 7.34. The first-order valence-electron chi connectivity index (χ1n) is 4.51. The predicted molar refractivity (Wildman–Crippen MR) is 64.1 cm³/mol. The molecule has 3 N–H and O–H groups in total. The molecule has 0 aromatic carbocycles. The number of hydrogen-bond donors (Lipinski definition) is 2. The average Bonchev–Trinajstić information content (AvgIpc) is 2.52. The number of anilines is 2. The van der Waals surface area contributed by atoms with Crippen molar-refractivity contribution in [1.82, 2.24) is 4.37 Å².